The third-order valence-corrected chi connectivity index (χ3v) is 3.62. The van der Waals surface area contributed by atoms with E-state index >= 15 is 0 Å². The van der Waals surface area contributed by atoms with Crippen LogP contribution in [0.25, 0.3) is 0 Å². The second-order valence-corrected chi connectivity index (χ2v) is 4.65. The largest absolute Gasteiger partial charge is 0.343 e. The molecule has 1 saturated heterocycles. The van der Waals surface area contributed by atoms with Gasteiger partial charge in [0.25, 0.3) is 0 Å². The highest BCUT2D eigenvalue weighted by Crippen LogP contribution is 2.30. The lowest BCUT2D eigenvalue weighted by Gasteiger charge is -2.31. The minimum atomic E-state index is 0.122. The molecular formula is C11H20N2O. The highest BCUT2D eigenvalue weighted by Gasteiger charge is 2.28. The van der Waals surface area contributed by atoms with Gasteiger partial charge >= 0.3 is 0 Å². The van der Waals surface area contributed by atoms with Crippen LogP contribution in [0, 0.1) is 5.92 Å². The standard InChI is InChI=1S/C11H20N2O/c12-10(9-4-3-5-9)8-11(14)13-6-1-2-7-13/h9-10H,1-8,12H2. The van der Waals surface area contributed by atoms with Crippen molar-refractivity contribution in [3.05, 3.63) is 0 Å². The highest BCUT2D eigenvalue weighted by atomic mass is 16.2. The van der Waals surface area contributed by atoms with E-state index in [0.29, 0.717) is 12.3 Å². The topological polar surface area (TPSA) is 46.3 Å². The molecule has 80 valence electrons. The Morgan fingerprint density at radius 1 is 1.29 bits per heavy atom. The smallest absolute Gasteiger partial charge is 0.224 e. The molecule has 1 saturated carbocycles. The van der Waals surface area contributed by atoms with Crippen LogP contribution in [0.3, 0.4) is 0 Å². The van der Waals surface area contributed by atoms with Gasteiger partial charge in [-0.05, 0) is 31.6 Å². The molecule has 0 aromatic heterocycles. The van der Waals surface area contributed by atoms with E-state index in [1.54, 1.807) is 0 Å². The molecule has 14 heavy (non-hydrogen) atoms. The molecule has 1 heterocycles. The van der Waals surface area contributed by atoms with Crippen LogP contribution in [0.5, 0.6) is 0 Å². The van der Waals surface area contributed by atoms with Gasteiger partial charge in [0.15, 0.2) is 0 Å². The van der Waals surface area contributed by atoms with Crippen LogP contribution in [-0.4, -0.2) is 29.9 Å². The lowest BCUT2D eigenvalue weighted by molar-refractivity contribution is -0.130. The molecule has 0 aromatic carbocycles. The summed E-state index contributed by atoms with van der Waals surface area (Å²) in [4.78, 5) is 13.7. The predicted molar refractivity (Wildman–Crippen MR) is 55.7 cm³/mol. The van der Waals surface area contributed by atoms with Gasteiger partial charge in [0.05, 0.1) is 0 Å². The minimum Gasteiger partial charge on any atom is -0.343 e. The molecule has 1 atom stereocenters. The van der Waals surface area contributed by atoms with Crippen molar-refractivity contribution in [2.45, 2.75) is 44.6 Å². The fourth-order valence-electron chi connectivity index (χ4n) is 2.33. The number of likely N-dealkylation sites (tertiary alicyclic amines) is 1. The van der Waals surface area contributed by atoms with Gasteiger partial charge in [-0.25, -0.2) is 0 Å². The van der Waals surface area contributed by atoms with Gasteiger partial charge in [-0.1, -0.05) is 6.42 Å². The molecule has 0 radical (unpaired) electrons. The maximum Gasteiger partial charge on any atom is 0.224 e. The molecule has 1 aliphatic carbocycles. The van der Waals surface area contributed by atoms with Crippen LogP contribution < -0.4 is 5.73 Å². The average molecular weight is 196 g/mol. The third kappa shape index (κ3) is 2.08. The van der Waals surface area contributed by atoms with Gasteiger partial charge in [-0.3, -0.25) is 4.79 Å². The van der Waals surface area contributed by atoms with Gasteiger partial charge in [0.2, 0.25) is 5.91 Å². The van der Waals surface area contributed by atoms with Crippen LogP contribution in [0.15, 0.2) is 0 Å². The van der Waals surface area contributed by atoms with Crippen molar-refractivity contribution >= 4 is 5.91 Å². The third-order valence-electron chi connectivity index (χ3n) is 3.62. The van der Waals surface area contributed by atoms with Crippen molar-refractivity contribution in [1.82, 2.24) is 4.90 Å². The maximum atomic E-state index is 11.7. The number of carbonyl (C=O) groups excluding carboxylic acids is 1. The summed E-state index contributed by atoms with van der Waals surface area (Å²) in [6.45, 7) is 1.91. The quantitative estimate of drug-likeness (QED) is 0.735. The van der Waals surface area contributed by atoms with Crippen LogP contribution in [-0.2, 0) is 4.79 Å². The number of hydrogen-bond donors (Lipinski definition) is 1. The predicted octanol–water partition coefficient (Wildman–Crippen LogP) is 1.13. The molecule has 2 fully saturated rings. The zero-order chi connectivity index (χ0) is 9.97. The zero-order valence-electron chi connectivity index (χ0n) is 8.74. The van der Waals surface area contributed by atoms with E-state index in [0.717, 1.165) is 13.1 Å². The maximum absolute atomic E-state index is 11.7. The Labute approximate surface area is 85.6 Å². The molecule has 2 aliphatic rings. The van der Waals surface area contributed by atoms with Crippen LogP contribution in [0.2, 0.25) is 0 Å². The molecule has 0 spiro atoms. The summed E-state index contributed by atoms with van der Waals surface area (Å²) in [5.41, 5.74) is 6.00. The number of nitrogens with two attached hydrogens (primary N) is 1. The van der Waals surface area contributed by atoms with Crippen LogP contribution in [0.1, 0.15) is 38.5 Å². The molecular weight excluding hydrogens is 176 g/mol. The van der Waals surface area contributed by atoms with Crippen LogP contribution in [0.4, 0.5) is 0 Å². The first-order chi connectivity index (χ1) is 6.77. The van der Waals surface area contributed by atoms with E-state index in [9.17, 15) is 4.79 Å². The average Bonchev–Trinajstić information content (AvgIpc) is 2.51. The Morgan fingerprint density at radius 2 is 1.93 bits per heavy atom. The van der Waals surface area contributed by atoms with E-state index in [4.69, 9.17) is 5.73 Å². The summed E-state index contributed by atoms with van der Waals surface area (Å²) >= 11 is 0. The highest BCUT2D eigenvalue weighted by molar-refractivity contribution is 5.77. The van der Waals surface area contributed by atoms with E-state index in [1.807, 2.05) is 4.90 Å². The molecule has 0 aromatic rings. The molecule has 1 aliphatic heterocycles. The summed E-state index contributed by atoms with van der Waals surface area (Å²) in [6, 6.07) is 0.122. The summed E-state index contributed by atoms with van der Waals surface area (Å²) < 4.78 is 0. The Kier molecular flexibility index (Phi) is 3.06. The number of nitrogens with zero attached hydrogens (tertiary/aromatic N) is 1. The van der Waals surface area contributed by atoms with E-state index in [2.05, 4.69) is 0 Å². The Bertz CT molecular complexity index is 207. The van der Waals surface area contributed by atoms with Crippen molar-refractivity contribution < 1.29 is 4.79 Å². The number of amides is 1. The summed E-state index contributed by atoms with van der Waals surface area (Å²) in [5, 5.41) is 0. The first-order valence-electron chi connectivity index (χ1n) is 5.81. The number of hydrogen-bond acceptors (Lipinski definition) is 2. The molecule has 1 amide bonds. The van der Waals surface area contributed by atoms with Gasteiger partial charge in [-0.2, -0.15) is 0 Å². The van der Waals surface area contributed by atoms with Crippen molar-refractivity contribution in [3.8, 4) is 0 Å². The zero-order valence-corrected chi connectivity index (χ0v) is 8.74. The fraction of sp³-hybridized carbons (Fsp3) is 0.909. The summed E-state index contributed by atoms with van der Waals surface area (Å²) in [5.74, 6) is 0.906. The SMILES string of the molecule is NC(CC(=O)N1CCCC1)C1CCC1. The molecule has 1 unspecified atom stereocenters. The Morgan fingerprint density at radius 3 is 2.43 bits per heavy atom. The second-order valence-electron chi connectivity index (χ2n) is 4.65. The monoisotopic (exact) mass is 196 g/mol. The fourth-order valence-corrected chi connectivity index (χ4v) is 2.33. The second kappa shape index (κ2) is 4.30. The van der Waals surface area contributed by atoms with Crippen molar-refractivity contribution in [1.29, 1.82) is 0 Å². The first kappa shape index (κ1) is 9.97. The lowest BCUT2D eigenvalue weighted by atomic mass is 9.79. The molecule has 3 nitrogen and oxygen atoms in total. The Hall–Kier alpha value is -0.570. The van der Waals surface area contributed by atoms with Crippen LogP contribution >= 0.6 is 0 Å². The molecule has 2 rings (SSSR count). The molecule has 0 bridgehead atoms. The van der Waals surface area contributed by atoms with Crippen molar-refractivity contribution in [2.75, 3.05) is 13.1 Å². The van der Waals surface area contributed by atoms with E-state index in [1.165, 1.54) is 32.1 Å². The lowest BCUT2D eigenvalue weighted by Crippen LogP contribution is -2.40. The molecule has 2 N–H and O–H groups in total. The Balaban J connectivity index is 1.75. The number of rotatable bonds is 3. The summed E-state index contributed by atoms with van der Waals surface area (Å²) in [6.07, 6.45) is 6.68. The normalized spacial score (nSPS) is 24.8. The summed E-state index contributed by atoms with van der Waals surface area (Å²) in [7, 11) is 0. The minimum absolute atomic E-state index is 0.122. The van der Waals surface area contributed by atoms with Gasteiger partial charge in [0.1, 0.15) is 0 Å². The van der Waals surface area contributed by atoms with Crippen molar-refractivity contribution in [3.63, 3.8) is 0 Å². The number of carbonyl (C=O) groups is 1. The van der Waals surface area contributed by atoms with Crippen molar-refractivity contribution in [2.24, 2.45) is 11.7 Å². The molecule has 3 heteroatoms. The van der Waals surface area contributed by atoms with Gasteiger partial charge in [0, 0.05) is 25.6 Å². The van der Waals surface area contributed by atoms with Gasteiger partial charge < -0.3 is 10.6 Å². The van der Waals surface area contributed by atoms with Gasteiger partial charge in [-0.15, -0.1) is 0 Å². The van der Waals surface area contributed by atoms with E-state index in [-0.39, 0.29) is 11.9 Å². The van der Waals surface area contributed by atoms with E-state index < -0.39 is 0 Å². The first-order valence-corrected chi connectivity index (χ1v) is 5.81.